The quantitative estimate of drug-likeness (QED) is 0.314. The monoisotopic (exact) mass is 485 g/mol. The van der Waals surface area contributed by atoms with Gasteiger partial charge in [-0.15, -0.1) is 0 Å². The van der Waals surface area contributed by atoms with Crippen LogP contribution in [0.2, 0.25) is 0 Å². The maximum atomic E-state index is 6.48. The normalized spacial score (nSPS) is 17.7. The third kappa shape index (κ3) is 3.11. The number of pyridine rings is 1. The smallest absolute Gasteiger partial charge is 0.260 e. The fraction of sp³-hybridized carbons (Fsp3) is 0.226. The summed E-state index contributed by atoms with van der Waals surface area (Å²) < 4.78 is 13.0. The van der Waals surface area contributed by atoms with E-state index < -0.39 is 0 Å². The molecule has 0 bridgehead atoms. The van der Waals surface area contributed by atoms with Crippen LogP contribution in [0.25, 0.3) is 11.1 Å². The van der Waals surface area contributed by atoms with Gasteiger partial charge in [0.05, 0.1) is 23.0 Å². The Morgan fingerprint density at radius 2 is 1.32 bits per heavy atom. The van der Waals surface area contributed by atoms with Gasteiger partial charge in [-0.3, -0.25) is 9.98 Å². The molecule has 0 saturated heterocycles. The van der Waals surface area contributed by atoms with Gasteiger partial charge in [-0.2, -0.15) is 0 Å². The van der Waals surface area contributed by atoms with Crippen molar-refractivity contribution in [1.29, 1.82) is 0 Å². The van der Waals surface area contributed by atoms with Crippen molar-refractivity contribution < 1.29 is 9.47 Å². The lowest BCUT2D eigenvalue weighted by Gasteiger charge is -2.41. The third-order valence-corrected chi connectivity index (χ3v) is 8.43. The Morgan fingerprint density at radius 3 is 1.89 bits per heavy atom. The molecule has 3 aliphatic rings. The molecule has 0 unspecified atom stereocenters. The summed E-state index contributed by atoms with van der Waals surface area (Å²) >= 11 is 0. The number of amidine groups is 1. The van der Waals surface area contributed by atoms with Gasteiger partial charge in [-0.25, -0.2) is 0 Å². The molecule has 0 radical (unpaired) electrons. The summed E-state index contributed by atoms with van der Waals surface area (Å²) in [6.45, 7) is 11.0. The average Bonchev–Trinajstić information content (AvgIpc) is 3.04. The van der Waals surface area contributed by atoms with Crippen LogP contribution in [-0.2, 0) is 0 Å². The number of fused-ring (bicyclic) bond motifs is 4. The summed E-state index contributed by atoms with van der Waals surface area (Å²) in [7, 11) is 0. The lowest BCUT2D eigenvalue weighted by molar-refractivity contribution is 0.338. The Bertz CT molecular complexity index is 1550. The minimum Gasteiger partial charge on any atom is -0.458 e. The Labute approximate surface area is 217 Å². The fourth-order valence-corrected chi connectivity index (χ4v) is 6.05. The molecule has 0 spiro atoms. The lowest BCUT2D eigenvalue weighted by atomic mass is 9.35. The standard InChI is InChI=1S/C31H28BN3O2/c1-19-34-30(2,3)31(4,5)35(19)22-14-21(17-33-18-22)20-15-27-29-28(16-20)37-26-13-9-7-11-24(26)32(29)23-10-6-8-12-25(23)36-27/h6-18H,1-5H3. The Balaban J connectivity index is 1.37. The van der Waals surface area contributed by atoms with Gasteiger partial charge in [0, 0.05) is 17.2 Å². The zero-order chi connectivity index (χ0) is 25.5. The molecule has 7 rings (SSSR count). The first kappa shape index (κ1) is 22.2. The highest BCUT2D eigenvalue weighted by atomic mass is 16.5. The Kier molecular flexibility index (Phi) is 4.48. The van der Waals surface area contributed by atoms with E-state index in [1.54, 1.807) is 0 Å². The Morgan fingerprint density at radius 1 is 0.730 bits per heavy atom. The molecular weight excluding hydrogens is 457 g/mol. The van der Waals surface area contributed by atoms with Crippen molar-refractivity contribution in [1.82, 2.24) is 4.98 Å². The molecule has 0 atom stereocenters. The van der Waals surface area contributed by atoms with Crippen LogP contribution in [0.4, 0.5) is 5.69 Å². The van der Waals surface area contributed by atoms with E-state index >= 15 is 0 Å². The van der Waals surface area contributed by atoms with Crippen LogP contribution in [0.15, 0.2) is 84.1 Å². The van der Waals surface area contributed by atoms with Gasteiger partial charge in [0.25, 0.3) is 6.71 Å². The van der Waals surface area contributed by atoms with E-state index in [2.05, 4.69) is 87.0 Å². The molecule has 0 amide bonds. The first-order chi connectivity index (χ1) is 17.7. The van der Waals surface area contributed by atoms with Crippen LogP contribution in [0.1, 0.15) is 34.6 Å². The van der Waals surface area contributed by atoms with Gasteiger partial charge < -0.3 is 14.4 Å². The minimum absolute atomic E-state index is 0.0740. The average molecular weight is 485 g/mol. The van der Waals surface area contributed by atoms with E-state index in [9.17, 15) is 0 Å². The molecule has 0 saturated carbocycles. The molecule has 3 aliphatic heterocycles. The number of para-hydroxylation sites is 2. The summed E-state index contributed by atoms with van der Waals surface area (Å²) in [5.41, 5.74) is 6.05. The molecule has 6 heteroatoms. The van der Waals surface area contributed by atoms with Crippen LogP contribution >= 0.6 is 0 Å². The number of rotatable bonds is 2. The van der Waals surface area contributed by atoms with Crippen LogP contribution in [-0.4, -0.2) is 28.6 Å². The van der Waals surface area contributed by atoms with E-state index in [0.29, 0.717) is 0 Å². The van der Waals surface area contributed by atoms with Crippen molar-refractivity contribution in [3.8, 4) is 34.1 Å². The predicted molar refractivity (Wildman–Crippen MR) is 151 cm³/mol. The van der Waals surface area contributed by atoms with Gasteiger partial charge >= 0.3 is 0 Å². The summed E-state index contributed by atoms with van der Waals surface area (Å²) in [5.74, 6) is 4.43. The van der Waals surface area contributed by atoms with Gasteiger partial charge in [-0.05, 0) is 81.4 Å². The summed E-state index contributed by atoms with van der Waals surface area (Å²) in [6, 6.07) is 23.0. The summed E-state index contributed by atoms with van der Waals surface area (Å²) in [6.07, 6.45) is 3.83. The molecule has 5 nitrogen and oxygen atoms in total. The number of benzene rings is 3. The highest BCUT2D eigenvalue weighted by molar-refractivity contribution is 6.98. The first-order valence-corrected chi connectivity index (χ1v) is 12.8. The molecule has 3 aromatic carbocycles. The van der Waals surface area contributed by atoms with Crippen molar-refractivity contribution in [3.05, 3.63) is 79.1 Å². The van der Waals surface area contributed by atoms with Crippen molar-refractivity contribution in [2.75, 3.05) is 4.90 Å². The number of hydrogen-bond acceptors (Lipinski definition) is 5. The largest absolute Gasteiger partial charge is 0.458 e. The molecule has 182 valence electrons. The second kappa shape index (κ2) is 7.48. The molecule has 1 aromatic heterocycles. The topological polar surface area (TPSA) is 47.0 Å². The highest BCUT2D eigenvalue weighted by Gasteiger charge is 2.48. The number of aromatic nitrogens is 1. The van der Waals surface area contributed by atoms with Crippen molar-refractivity contribution in [3.63, 3.8) is 0 Å². The molecule has 0 aliphatic carbocycles. The van der Waals surface area contributed by atoms with E-state index in [4.69, 9.17) is 14.5 Å². The highest BCUT2D eigenvalue weighted by Crippen LogP contribution is 2.42. The van der Waals surface area contributed by atoms with Crippen molar-refractivity contribution >= 4 is 34.6 Å². The van der Waals surface area contributed by atoms with Crippen LogP contribution in [0.3, 0.4) is 0 Å². The third-order valence-electron chi connectivity index (χ3n) is 8.43. The van der Waals surface area contributed by atoms with Crippen molar-refractivity contribution in [2.45, 2.75) is 45.7 Å². The first-order valence-electron chi connectivity index (χ1n) is 12.8. The van der Waals surface area contributed by atoms with Crippen LogP contribution in [0, 0.1) is 0 Å². The minimum atomic E-state index is -0.208. The van der Waals surface area contributed by atoms with Crippen LogP contribution in [0.5, 0.6) is 23.0 Å². The van der Waals surface area contributed by atoms with Gasteiger partial charge in [0.2, 0.25) is 0 Å². The summed E-state index contributed by atoms with van der Waals surface area (Å²) in [5, 5.41) is 0. The van der Waals surface area contributed by atoms with Crippen molar-refractivity contribution in [2.24, 2.45) is 4.99 Å². The van der Waals surface area contributed by atoms with E-state index in [1.807, 2.05) is 36.7 Å². The molecule has 4 heterocycles. The van der Waals surface area contributed by atoms with E-state index in [1.165, 1.54) is 0 Å². The molecule has 0 fully saturated rings. The molecule has 4 aromatic rings. The second-order valence-electron chi connectivity index (χ2n) is 11.1. The fourth-order valence-electron chi connectivity index (χ4n) is 6.05. The number of ether oxygens (including phenoxy) is 2. The molecule has 37 heavy (non-hydrogen) atoms. The number of aliphatic imine (C=N–C) groups is 1. The number of hydrogen-bond donors (Lipinski definition) is 0. The zero-order valence-corrected chi connectivity index (χ0v) is 21.7. The molecular formula is C31H28BN3O2. The number of nitrogens with zero attached hydrogens (tertiary/aromatic N) is 3. The van der Waals surface area contributed by atoms with E-state index in [0.717, 1.165) is 62.0 Å². The van der Waals surface area contributed by atoms with Gasteiger partial charge in [-0.1, -0.05) is 36.4 Å². The van der Waals surface area contributed by atoms with Gasteiger partial charge in [0.15, 0.2) is 0 Å². The summed E-state index contributed by atoms with van der Waals surface area (Å²) in [4.78, 5) is 11.9. The van der Waals surface area contributed by atoms with Crippen LogP contribution < -0.4 is 30.8 Å². The lowest BCUT2D eigenvalue weighted by Crippen LogP contribution is -2.57. The zero-order valence-electron chi connectivity index (χ0n) is 21.7. The Hall–Kier alpha value is -4.06. The second-order valence-corrected chi connectivity index (χ2v) is 11.1. The van der Waals surface area contributed by atoms with E-state index in [-0.39, 0.29) is 17.8 Å². The maximum absolute atomic E-state index is 6.48. The molecule has 0 N–H and O–H groups in total. The predicted octanol–water partition coefficient (Wildman–Crippen LogP) is 5.27. The SMILES string of the molecule is CC1=NC(C)(C)C(C)(C)N1c1cncc(-c2cc3c4c(c2)Oc2ccccc2B4c2ccccc2O3)c1. The van der Waals surface area contributed by atoms with Gasteiger partial charge in [0.1, 0.15) is 28.8 Å². The number of anilines is 1. The maximum Gasteiger partial charge on any atom is 0.260 e.